The first kappa shape index (κ1) is 21.8. The van der Waals surface area contributed by atoms with Gasteiger partial charge < -0.3 is 4.74 Å². The Morgan fingerprint density at radius 1 is 0.941 bits per heavy atom. The normalized spacial score (nSPS) is 27.0. The van der Waals surface area contributed by atoms with Crippen LogP contribution in [0, 0.1) is 17.8 Å². The van der Waals surface area contributed by atoms with Crippen LogP contribution in [-0.4, -0.2) is 23.2 Å². The number of methoxy groups -OCH3 is 1. The summed E-state index contributed by atoms with van der Waals surface area (Å²) in [4.78, 5) is 15.4. The molecule has 1 amide bonds. The lowest BCUT2D eigenvalue weighted by molar-refractivity contribution is -0.118. The Hall–Kier alpha value is -2.73. The van der Waals surface area contributed by atoms with Crippen molar-refractivity contribution in [2.75, 3.05) is 12.0 Å². The van der Waals surface area contributed by atoms with Gasteiger partial charge in [0.05, 0.1) is 20.1 Å². The summed E-state index contributed by atoms with van der Waals surface area (Å²) in [5, 5.41) is 11.2. The van der Waals surface area contributed by atoms with E-state index in [1.54, 1.807) is 18.4 Å². The van der Waals surface area contributed by atoms with Gasteiger partial charge in [-0.25, -0.2) is 0 Å². The molecule has 0 aliphatic heterocycles. The highest BCUT2D eigenvalue weighted by molar-refractivity contribution is 7.15. The highest BCUT2D eigenvalue weighted by Crippen LogP contribution is 2.61. The van der Waals surface area contributed by atoms with Gasteiger partial charge in [-0.3, -0.25) is 9.69 Å². The second-order valence-corrected chi connectivity index (χ2v) is 11.5. The fourth-order valence-corrected chi connectivity index (χ4v) is 8.03. The second kappa shape index (κ2) is 8.81. The van der Waals surface area contributed by atoms with E-state index in [-0.39, 0.29) is 11.3 Å². The van der Waals surface area contributed by atoms with Crippen LogP contribution in [0.3, 0.4) is 0 Å². The number of nitrogens with zero attached hydrogens (tertiary/aromatic N) is 3. The summed E-state index contributed by atoms with van der Waals surface area (Å²) < 4.78 is 5.26. The molecule has 4 aliphatic carbocycles. The van der Waals surface area contributed by atoms with Gasteiger partial charge in [0, 0.05) is 5.41 Å². The third kappa shape index (κ3) is 4.13. The first-order chi connectivity index (χ1) is 16.6. The zero-order chi connectivity index (χ0) is 23.1. The Balaban J connectivity index is 1.28. The topological polar surface area (TPSA) is 55.3 Å². The largest absolute Gasteiger partial charge is 0.497 e. The molecule has 4 aliphatic rings. The van der Waals surface area contributed by atoms with Gasteiger partial charge in [0.2, 0.25) is 11.0 Å². The maximum Gasteiger partial charge on any atom is 0.233 e. The Bertz CT molecular complexity index is 1120. The highest BCUT2D eigenvalue weighted by atomic mass is 32.1. The van der Waals surface area contributed by atoms with Crippen molar-refractivity contribution in [2.24, 2.45) is 17.8 Å². The first-order valence-electron chi connectivity index (χ1n) is 12.4. The molecule has 5 nitrogen and oxygen atoms in total. The monoisotopic (exact) mass is 473 g/mol. The van der Waals surface area contributed by atoms with Crippen molar-refractivity contribution in [3.63, 3.8) is 0 Å². The van der Waals surface area contributed by atoms with E-state index < -0.39 is 0 Å². The Morgan fingerprint density at radius 3 is 2.21 bits per heavy atom. The van der Waals surface area contributed by atoms with Gasteiger partial charge in [-0.2, -0.15) is 0 Å². The van der Waals surface area contributed by atoms with Gasteiger partial charge in [-0.05, 0) is 79.5 Å². The standard InChI is InChI=1S/C28H31N3O2S/c1-33-24-9-7-19(8-10-24)14-25(32)31(18-20-5-3-2-4-6-20)27-30-29-26(34-27)28-15-21-11-22(16-28)13-23(12-21)17-28/h2-10,21-23H,11-18H2,1H3. The van der Waals surface area contributed by atoms with E-state index in [1.165, 1.54) is 38.5 Å². The Kier molecular flexibility index (Phi) is 5.64. The van der Waals surface area contributed by atoms with E-state index in [0.717, 1.165) is 44.8 Å². The van der Waals surface area contributed by atoms with Crippen molar-refractivity contribution in [1.29, 1.82) is 0 Å². The maximum absolute atomic E-state index is 13.6. The number of anilines is 1. The van der Waals surface area contributed by atoms with Crippen LogP contribution in [0.5, 0.6) is 5.75 Å². The average molecular weight is 474 g/mol. The van der Waals surface area contributed by atoms with Crippen LogP contribution in [-0.2, 0) is 23.2 Å². The van der Waals surface area contributed by atoms with E-state index >= 15 is 0 Å². The summed E-state index contributed by atoms with van der Waals surface area (Å²) in [6.45, 7) is 0.505. The minimum Gasteiger partial charge on any atom is -0.497 e. The molecule has 0 atom stereocenters. The molecule has 4 fully saturated rings. The van der Waals surface area contributed by atoms with Crippen molar-refractivity contribution in [3.05, 3.63) is 70.7 Å². The fourth-order valence-electron chi connectivity index (χ4n) is 6.95. The van der Waals surface area contributed by atoms with Gasteiger partial charge in [0.1, 0.15) is 10.8 Å². The van der Waals surface area contributed by atoms with Gasteiger partial charge in [0.25, 0.3) is 0 Å². The predicted molar refractivity (Wildman–Crippen MR) is 134 cm³/mol. The van der Waals surface area contributed by atoms with Crippen LogP contribution in [0.4, 0.5) is 5.13 Å². The number of rotatable bonds is 7. The summed E-state index contributed by atoms with van der Waals surface area (Å²) in [5.74, 6) is 3.41. The van der Waals surface area contributed by atoms with Crippen LogP contribution < -0.4 is 9.64 Å². The lowest BCUT2D eigenvalue weighted by Crippen LogP contribution is -2.48. The Morgan fingerprint density at radius 2 is 1.59 bits per heavy atom. The quantitative estimate of drug-likeness (QED) is 0.436. The molecule has 3 aromatic rings. The molecule has 0 radical (unpaired) electrons. The molecule has 0 spiro atoms. The van der Waals surface area contributed by atoms with E-state index in [4.69, 9.17) is 9.84 Å². The van der Waals surface area contributed by atoms with Crippen molar-refractivity contribution in [1.82, 2.24) is 10.2 Å². The van der Waals surface area contributed by atoms with Crippen LogP contribution in [0.2, 0.25) is 0 Å². The van der Waals surface area contributed by atoms with E-state index in [2.05, 4.69) is 17.2 Å². The van der Waals surface area contributed by atoms with Gasteiger partial charge in [-0.15, -0.1) is 10.2 Å². The molecule has 34 heavy (non-hydrogen) atoms. The second-order valence-electron chi connectivity index (χ2n) is 10.6. The molecule has 6 heteroatoms. The van der Waals surface area contributed by atoms with Crippen LogP contribution in [0.25, 0.3) is 0 Å². The number of carbonyl (C=O) groups excluding carboxylic acids is 1. The molecule has 0 N–H and O–H groups in total. The number of carbonyl (C=O) groups is 1. The summed E-state index contributed by atoms with van der Waals surface area (Å²) in [5.41, 5.74) is 2.26. The minimum absolute atomic E-state index is 0.0437. The molecule has 1 aromatic heterocycles. The molecule has 0 unspecified atom stereocenters. The number of benzene rings is 2. The van der Waals surface area contributed by atoms with Crippen LogP contribution in [0.1, 0.15) is 54.7 Å². The zero-order valence-corrected chi connectivity index (χ0v) is 20.5. The summed E-state index contributed by atoms with van der Waals surface area (Å²) in [6.07, 6.45) is 8.32. The highest BCUT2D eigenvalue weighted by Gasteiger charge is 2.53. The Labute approximate surface area is 205 Å². The first-order valence-corrected chi connectivity index (χ1v) is 13.2. The molecule has 2 aromatic carbocycles. The number of hydrogen-bond acceptors (Lipinski definition) is 5. The van der Waals surface area contributed by atoms with E-state index in [9.17, 15) is 4.79 Å². The van der Waals surface area contributed by atoms with Crippen LogP contribution >= 0.6 is 11.3 Å². The summed E-state index contributed by atoms with van der Waals surface area (Å²) in [7, 11) is 1.65. The smallest absolute Gasteiger partial charge is 0.233 e. The molecular weight excluding hydrogens is 442 g/mol. The molecular formula is C28H31N3O2S. The molecule has 0 saturated heterocycles. The third-order valence-corrected chi connectivity index (χ3v) is 9.33. The molecule has 4 saturated carbocycles. The lowest BCUT2D eigenvalue weighted by Gasteiger charge is -2.55. The van der Waals surface area contributed by atoms with Crippen LogP contribution in [0.15, 0.2) is 54.6 Å². The third-order valence-electron chi connectivity index (χ3n) is 8.14. The van der Waals surface area contributed by atoms with Gasteiger partial charge in [-0.1, -0.05) is 53.8 Å². The molecule has 176 valence electrons. The number of amides is 1. The molecule has 4 bridgehead atoms. The van der Waals surface area contributed by atoms with Crippen molar-refractivity contribution in [2.45, 2.75) is 56.9 Å². The molecule has 7 rings (SSSR count). The van der Waals surface area contributed by atoms with E-state index in [1.807, 2.05) is 47.4 Å². The number of ether oxygens (including phenoxy) is 1. The van der Waals surface area contributed by atoms with Crippen molar-refractivity contribution >= 4 is 22.4 Å². The fraction of sp³-hybridized carbons (Fsp3) is 0.464. The minimum atomic E-state index is 0.0437. The van der Waals surface area contributed by atoms with Gasteiger partial charge >= 0.3 is 0 Å². The summed E-state index contributed by atoms with van der Waals surface area (Å²) >= 11 is 1.66. The van der Waals surface area contributed by atoms with E-state index in [0.29, 0.717) is 13.0 Å². The zero-order valence-electron chi connectivity index (χ0n) is 19.7. The van der Waals surface area contributed by atoms with Crippen molar-refractivity contribution < 1.29 is 9.53 Å². The average Bonchev–Trinajstić information content (AvgIpc) is 3.34. The summed E-state index contributed by atoms with van der Waals surface area (Å²) in [6, 6.07) is 17.9. The number of hydrogen-bond donors (Lipinski definition) is 0. The SMILES string of the molecule is COc1ccc(CC(=O)N(Cc2ccccc2)c2nnc(C34CC5CC(CC(C5)C3)C4)s2)cc1. The predicted octanol–water partition coefficient (Wildman–Crippen LogP) is 5.79. The maximum atomic E-state index is 13.6. The number of aromatic nitrogens is 2. The van der Waals surface area contributed by atoms with Crippen molar-refractivity contribution in [3.8, 4) is 5.75 Å². The lowest BCUT2D eigenvalue weighted by atomic mass is 9.50. The van der Waals surface area contributed by atoms with Gasteiger partial charge in [0.15, 0.2) is 0 Å². The molecule has 1 heterocycles.